The third-order valence-corrected chi connectivity index (χ3v) is 7.00. The molecular weight excluding hydrogens is 398 g/mol. The largest absolute Gasteiger partial charge is 0.334 e. The number of hydrogen-bond donors (Lipinski definition) is 2. The van der Waals surface area contributed by atoms with E-state index in [9.17, 15) is 13.2 Å². The second kappa shape index (κ2) is 8.55. The van der Waals surface area contributed by atoms with Gasteiger partial charge < -0.3 is 9.80 Å². The zero-order valence-electron chi connectivity index (χ0n) is 17.0. The van der Waals surface area contributed by atoms with E-state index in [1.807, 2.05) is 35.2 Å². The molecule has 1 fully saturated rings. The van der Waals surface area contributed by atoms with E-state index in [0.29, 0.717) is 5.56 Å². The van der Waals surface area contributed by atoms with Gasteiger partial charge in [0.2, 0.25) is 10.0 Å². The minimum Gasteiger partial charge on any atom is -0.334 e. The molecule has 2 N–H and O–H groups in total. The number of fused-ring (bicyclic) bond motifs is 1. The minimum atomic E-state index is -3.63. The van der Waals surface area contributed by atoms with Crippen molar-refractivity contribution in [1.82, 2.24) is 9.62 Å². The normalized spacial score (nSPS) is 15.4. The SMILES string of the molecule is C[NH+]1CCN(C(=O)c2ccc(CNS(=O)(=O)c3ccc4ccccc4c3)cc2)CC1. The number of sulfonamides is 1. The lowest BCUT2D eigenvalue weighted by Gasteiger charge is -2.30. The first kappa shape index (κ1) is 20.5. The van der Waals surface area contributed by atoms with Gasteiger partial charge in [-0.1, -0.05) is 42.5 Å². The molecule has 4 rings (SSSR count). The summed E-state index contributed by atoms with van der Waals surface area (Å²) in [6, 6.07) is 19.9. The van der Waals surface area contributed by atoms with E-state index >= 15 is 0 Å². The Morgan fingerprint density at radius 3 is 2.33 bits per heavy atom. The number of benzene rings is 3. The van der Waals surface area contributed by atoms with Crippen molar-refractivity contribution in [2.75, 3.05) is 33.2 Å². The predicted octanol–water partition coefficient (Wildman–Crippen LogP) is 1.29. The highest BCUT2D eigenvalue weighted by molar-refractivity contribution is 7.89. The molecule has 3 aromatic carbocycles. The van der Waals surface area contributed by atoms with E-state index in [2.05, 4.69) is 11.8 Å². The van der Waals surface area contributed by atoms with Gasteiger partial charge >= 0.3 is 0 Å². The fourth-order valence-electron chi connectivity index (χ4n) is 3.64. The van der Waals surface area contributed by atoms with E-state index in [1.54, 1.807) is 36.4 Å². The summed E-state index contributed by atoms with van der Waals surface area (Å²) in [5.74, 6) is 0.0331. The molecule has 1 heterocycles. The van der Waals surface area contributed by atoms with Gasteiger partial charge in [0.05, 0.1) is 38.1 Å². The lowest BCUT2D eigenvalue weighted by atomic mass is 10.1. The lowest BCUT2D eigenvalue weighted by molar-refractivity contribution is -0.883. The molecule has 0 saturated carbocycles. The summed E-state index contributed by atoms with van der Waals surface area (Å²) in [5, 5.41) is 1.88. The Morgan fingerprint density at radius 1 is 0.967 bits per heavy atom. The van der Waals surface area contributed by atoms with Gasteiger partial charge in [-0.25, -0.2) is 13.1 Å². The minimum absolute atomic E-state index is 0.0331. The van der Waals surface area contributed by atoms with Gasteiger partial charge in [-0.05, 0) is 40.6 Å². The van der Waals surface area contributed by atoms with Crippen molar-refractivity contribution in [3.63, 3.8) is 0 Å². The maximum absolute atomic E-state index is 12.7. The van der Waals surface area contributed by atoms with Gasteiger partial charge in [-0.15, -0.1) is 0 Å². The Bertz CT molecular complexity index is 1150. The van der Waals surface area contributed by atoms with Crippen molar-refractivity contribution >= 4 is 26.7 Å². The third-order valence-electron chi connectivity index (χ3n) is 5.60. The van der Waals surface area contributed by atoms with Gasteiger partial charge in [0.25, 0.3) is 5.91 Å². The van der Waals surface area contributed by atoms with Gasteiger partial charge in [-0.2, -0.15) is 0 Å². The van der Waals surface area contributed by atoms with Crippen molar-refractivity contribution in [3.05, 3.63) is 77.9 Å². The molecule has 0 aliphatic carbocycles. The van der Waals surface area contributed by atoms with Crippen LogP contribution in [0.1, 0.15) is 15.9 Å². The van der Waals surface area contributed by atoms with Crippen molar-refractivity contribution in [1.29, 1.82) is 0 Å². The smallest absolute Gasteiger partial charge is 0.254 e. The molecule has 0 spiro atoms. The molecule has 0 bridgehead atoms. The number of quaternary nitrogens is 1. The third kappa shape index (κ3) is 4.53. The van der Waals surface area contributed by atoms with Crippen LogP contribution in [0.5, 0.6) is 0 Å². The predicted molar refractivity (Wildman–Crippen MR) is 117 cm³/mol. The number of carbonyl (C=O) groups is 1. The van der Waals surface area contributed by atoms with Crippen molar-refractivity contribution in [2.45, 2.75) is 11.4 Å². The highest BCUT2D eigenvalue weighted by atomic mass is 32.2. The summed E-state index contributed by atoms with van der Waals surface area (Å²) in [6.07, 6.45) is 0. The molecule has 0 radical (unpaired) electrons. The standard InChI is InChI=1S/C23H25N3O3S/c1-25-12-14-26(15-13-25)23(27)20-8-6-18(7-9-20)17-24-30(28,29)22-11-10-19-4-2-3-5-21(19)16-22/h2-11,16,24H,12-15,17H2,1H3/p+1. The summed E-state index contributed by atoms with van der Waals surface area (Å²) < 4.78 is 28.0. The van der Waals surface area contributed by atoms with Crippen LogP contribution in [0.15, 0.2) is 71.6 Å². The van der Waals surface area contributed by atoms with Gasteiger partial charge in [0.1, 0.15) is 0 Å². The fraction of sp³-hybridized carbons (Fsp3) is 0.261. The average molecular weight is 425 g/mol. The van der Waals surface area contributed by atoms with Crippen LogP contribution < -0.4 is 9.62 Å². The summed E-state index contributed by atoms with van der Waals surface area (Å²) in [4.78, 5) is 16.2. The van der Waals surface area contributed by atoms with Crippen LogP contribution in [0.25, 0.3) is 10.8 Å². The number of likely N-dealkylation sites (N-methyl/N-ethyl adjacent to an activating group) is 1. The zero-order chi connectivity index (χ0) is 21.1. The molecule has 0 unspecified atom stereocenters. The fourth-order valence-corrected chi connectivity index (χ4v) is 4.69. The monoisotopic (exact) mass is 424 g/mol. The molecular formula is C23H26N3O3S+. The summed E-state index contributed by atoms with van der Waals surface area (Å²) in [7, 11) is -1.49. The maximum atomic E-state index is 12.7. The van der Waals surface area contributed by atoms with E-state index in [4.69, 9.17) is 0 Å². The van der Waals surface area contributed by atoms with Crippen LogP contribution in [0.3, 0.4) is 0 Å². The molecule has 156 valence electrons. The van der Waals surface area contributed by atoms with E-state index in [0.717, 1.165) is 42.5 Å². The van der Waals surface area contributed by atoms with Crippen LogP contribution in [0, 0.1) is 0 Å². The Balaban J connectivity index is 1.41. The molecule has 30 heavy (non-hydrogen) atoms. The number of carbonyl (C=O) groups excluding carboxylic acids is 1. The van der Waals surface area contributed by atoms with Crippen molar-refractivity contribution in [3.8, 4) is 0 Å². The lowest BCUT2D eigenvalue weighted by Crippen LogP contribution is -3.12. The Hall–Kier alpha value is -2.74. The molecule has 1 aliphatic heterocycles. The van der Waals surface area contributed by atoms with Gasteiger partial charge in [-0.3, -0.25) is 4.79 Å². The summed E-state index contributed by atoms with van der Waals surface area (Å²) in [5.41, 5.74) is 1.44. The molecule has 7 heteroatoms. The second-order valence-electron chi connectivity index (χ2n) is 7.78. The Morgan fingerprint density at radius 2 is 1.63 bits per heavy atom. The molecule has 1 saturated heterocycles. The van der Waals surface area contributed by atoms with Crippen LogP contribution in [0.2, 0.25) is 0 Å². The van der Waals surface area contributed by atoms with E-state index < -0.39 is 10.0 Å². The molecule has 1 aliphatic rings. The topological polar surface area (TPSA) is 70.9 Å². The molecule has 3 aromatic rings. The summed E-state index contributed by atoms with van der Waals surface area (Å²) in [6.45, 7) is 3.61. The quantitative estimate of drug-likeness (QED) is 0.649. The van der Waals surface area contributed by atoms with Gasteiger partial charge in [0.15, 0.2) is 0 Å². The average Bonchev–Trinajstić information content (AvgIpc) is 2.78. The molecule has 0 aromatic heterocycles. The Labute approximate surface area is 177 Å². The van der Waals surface area contributed by atoms with Crippen LogP contribution >= 0.6 is 0 Å². The Kier molecular flexibility index (Phi) is 5.85. The van der Waals surface area contributed by atoms with Gasteiger partial charge in [0, 0.05) is 12.1 Å². The number of piperazine rings is 1. The second-order valence-corrected chi connectivity index (χ2v) is 9.55. The molecule has 1 amide bonds. The number of hydrogen-bond acceptors (Lipinski definition) is 3. The van der Waals surface area contributed by atoms with E-state index in [1.165, 1.54) is 4.90 Å². The van der Waals surface area contributed by atoms with Crippen LogP contribution in [-0.2, 0) is 16.6 Å². The van der Waals surface area contributed by atoms with Crippen molar-refractivity contribution < 1.29 is 18.1 Å². The van der Waals surface area contributed by atoms with Crippen molar-refractivity contribution in [2.24, 2.45) is 0 Å². The summed E-state index contributed by atoms with van der Waals surface area (Å²) >= 11 is 0. The zero-order valence-corrected chi connectivity index (χ0v) is 17.8. The van der Waals surface area contributed by atoms with Crippen LogP contribution in [-0.4, -0.2) is 52.5 Å². The first-order chi connectivity index (χ1) is 14.4. The number of amides is 1. The number of nitrogens with zero attached hydrogens (tertiary/aromatic N) is 1. The molecule has 6 nitrogen and oxygen atoms in total. The number of rotatable bonds is 5. The number of nitrogens with one attached hydrogen (secondary N) is 2. The van der Waals surface area contributed by atoms with E-state index in [-0.39, 0.29) is 17.3 Å². The maximum Gasteiger partial charge on any atom is 0.254 e. The highest BCUT2D eigenvalue weighted by Gasteiger charge is 2.22. The first-order valence-corrected chi connectivity index (χ1v) is 11.6. The molecule has 0 atom stereocenters. The van der Waals surface area contributed by atoms with Crippen LogP contribution in [0.4, 0.5) is 0 Å². The highest BCUT2D eigenvalue weighted by Crippen LogP contribution is 2.19. The first-order valence-electron chi connectivity index (χ1n) is 10.1.